The Hall–Kier alpha value is -3.25. The molecule has 3 heterocycles. The summed E-state index contributed by atoms with van der Waals surface area (Å²) in [6.45, 7) is 6.73. The maximum Gasteiger partial charge on any atom is 0.265 e. The first-order chi connectivity index (χ1) is 14.4. The van der Waals surface area contributed by atoms with E-state index < -0.39 is 0 Å². The lowest BCUT2D eigenvalue weighted by Gasteiger charge is -2.11. The molecule has 150 valence electrons. The molecule has 0 amide bonds. The van der Waals surface area contributed by atoms with E-state index in [0.717, 1.165) is 22.3 Å². The Labute approximate surface area is 177 Å². The number of hydrogen-bond acceptors (Lipinski definition) is 4. The van der Waals surface area contributed by atoms with Gasteiger partial charge in [0.2, 0.25) is 0 Å². The summed E-state index contributed by atoms with van der Waals surface area (Å²) in [7, 11) is 0. The smallest absolute Gasteiger partial charge is 0.265 e. The van der Waals surface area contributed by atoms with Gasteiger partial charge in [-0.3, -0.25) is 13.9 Å². The molecule has 6 nitrogen and oxygen atoms in total. The highest BCUT2D eigenvalue weighted by molar-refractivity contribution is 6.30. The second-order valence-electron chi connectivity index (χ2n) is 7.95. The monoisotopic (exact) mass is 417 g/mol. The summed E-state index contributed by atoms with van der Waals surface area (Å²) >= 11 is 6.31. The number of rotatable bonds is 3. The molecule has 0 N–H and O–H groups in total. The number of hydrogen-bond donors (Lipinski definition) is 0. The van der Waals surface area contributed by atoms with E-state index in [1.807, 2.05) is 54.0 Å². The van der Waals surface area contributed by atoms with Crippen LogP contribution in [-0.4, -0.2) is 24.1 Å². The summed E-state index contributed by atoms with van der Waals surface area (Å²) < 4.78 is 3.55. The lowest BCUT2D eigenvalue weighted by Crippen LogP contribution is -2.23. The first-order valence-electron chi connectivity index (χ1n) is 9.87. The van der Waals surface area contributed by atoms with E-state index in [9.17, 15) is 4.79 Å². The van der Waals surface area contributed by atoms with Crippen molar-refractivity contribution in [3.8, 4) is 5.69 Å². The molecule has 0 radical (unpaired) electrons. The molecule has 0 unspecified atom stereocenters. The molecule has 0 bridgehead atoms. The van der Waals surface area contributed by atoms with Crippen molar-refractivity contribution >= 4 is 44.8 Å². The Morgan fingerprint density at radius 2 is 1.77 bits per heavy atom. The van der Waals surface area contributed by atoms with Gasteiger partial charge in [0.25, 0.3) is 5.56 Å². The van der Waals surface area contributed by atoms with E-state index in [1.165, 1.54) is 0 Å². The van der Waals surface area contributed by atoms with Gasteiger partial charge in [-0.2, -0.15) is 0 Å². The van der Waals surface area contributed by atoms with Gasteiger partial charge in [0.1, 0.15) is 10.9 Å². The van der Waals surface area contributed by atoms with Crippen molar-refractivity contribution in [3.63, 3.8) is 0 Å². The van der Waals surface area contributed by atoms with Gasteiger partial charge in [-0.1, -0.05) is 43.6 Å². The zero-order chi connectivity index (χ0) is 21.0. The maximum absolute atomic E-state index is 13.4. The third kappa shape index (κ3) is 2.87. The molecule has 0 aliphatic carbocycles. The SMILES string of the molecule is Cc1ccc(Cl)cc1-n1c2nc3ccccc3nc2c2c(=O)n(CC(C)C)cnc21. The quantitative estimate of drug-likeness (QED) is 0.418. The van der Waals surface area contributed by atoms with E-state index in [1.54, 1.807) is 10.9 Å². The number of halogens is 1. The summed E-state index contributed by atoms with van der Waals surface area (Å²) in [4.78, 5) is 27.8. The molecule has 0 fully saturated rings. The fourth-order valence-corrected chi connectivity index (χ4v) is 4.01. The molecule has 0 aliphatic rings. The highest BCUT2D eigenvalue weighted by Crippen LogP contribution is 2.30. The summed E-state index contributed by atoms with van der Waals surface area (Å²) in [5.41, 5.74) is 4.92. The summed E-state index contributed by atoms with van der Waals surface area (Å²) in [6, 6.07) is 13.3. The lowest BCUT2D eigenvalue weighted by atomic mass is 10.2. The normalized spacial score (nSPS) is 11.9. The number of aryl methyl sites for hydroxylation is 1. The molecule has 30 heavy (non-hydrogen) atoms. The molecule has 0 aliphatic heterocycles. The van der Waals surface area contributed by atoms with Crippen LogP contribution in [0.4, 0.5) is 0 Å². The fraction of sp³-hybridized carbons (Fsp3) is 0.217. The van der Waals surface area contributed by atoms with Crippen LogP contribution in [0.2, 0.25) is 5.02 Å². The summed E-state index contributed by atoms with van der Waals surface area (Å²) in [6.07, 6.45) is 1.61. The third-order valence-corrected chi connectivity index (χ3v) is 5.44. The Balaban J connectivity index is 1.99. The Morgan fingerprint density at radius 3 is 2.50 bits per heavy atom. The molecular weight excluding hydrogens is 398 g/mol. The minimum atomic E-state index is -0.110. The second kappa shape index (κ2) is 6.92. The van der Waals surface area contributed by atoms with Crippen LogP contribution in [0.25, 0.3) is 38.9 Å². The molecule has 0 atom stereocenters. The largest absolute Gasteiger partial charge is 0.298 e. The Kier molecular flexibility index (Phi) is 4.33. The van der Waals surface area contributed by atoms with Gasteiger partial charge in [0, 0.05) is 11.6 Å². The maximum atomic E-state index is 13.4. The molecule has 0 spiro atoms. The summed E-state index contributed by atoms with van der Waals surface area (Å²) in [5, 5.41) is 1.08. The van der Waals surface area contributed by atoms with Crippen LogP contribution in [0.15, 0.2) is 53.6 Å². The van der Waals surface area contributed by atoms with Crippen LogP contribution in [0.1, 0.15) is 19.4 Å². The highest BCUT2D eigenvalue weighted by atomic mass is 35.5. The van der Waals surface area contributed by atoms with E-state index in [0.29, 0.717) is 39.7 Å². The lowest BCUT2D eigenvalue weighted by molar-refractivity contribution is 0.508. The Morgan fingerprint density at radius 1 is 1.03 bits per heavy atom. The van der Waals surface area contributed by atoms with Crippen molar-refractivity contribution in [2.24, 2.45) is 5.92 Å². The minimum Gasteiger partial charge on any atom is -0.298 e. The van der Waals surface area contributed by atoms with Gasteiger partial charge in [0.15, 0.2) is 11.3 Å². The van der Waals surface area contributed by atoms with Crippen molar-refractivity contribution in [3.05, 3.63) is 69.7 Å². The van der Waals surface area contributed by atoms with Crippen LogP contribution in [-0.2, 0) is 6.54 Å². The minimum absolute atomic E-state index is 0.110. The fourth-order valence-electron chi connectivity index (χ4n) is 3.85. The van der Waals surface area contributed by atoms with E-state index in [-0.39, 0.29) is 5.56 Å². The molecule has 3 aromatic heterocycles. The second-order valence-corrected chi connectivity index (χ2v) is 8.38. The van der Waals surface area contributed by atoms with Gasteiger partial charge in [0.05, 0.1) is 23.0 Å². The first-order valence-corrected chi connectivity index (χ1v) is 10.2. The topological polar surface area (TPSA) is 65.6 Å². The van der Waals surface area contributed by atoms with E-state index >= 15 is 0 Å². The van der Waals surface area contributed by atoms with Gasteiger partial charge >= 0.3 is 0 Å². The molecular formula is C23H20ClN5O. The van der Waals surface area contributed by atoms with Crippen LogP contribution in [0, 0.1) is 12.8 Å². The average molecular weight is 418 g/mol. The van der Waals surface area contributed by atoms with Crippen LogP contribution in [0.3, 0.4) is 0 Å². The van der Waals surface area contributed by atoms with Crippen molar-refractivity contribution in [1.82, 2.24) is 24.1 Å². The third-order valence-electron chi connectivity index (χ3n) is 5.20. The van der Waals surface area contributed by atoms with E-state index in [2.05, 4.69) is 18.8 Å². The first kappa shape index (κ1) is 18.8. The average Bonchev–Trinajstić information content (AvgIpc) is 3.03. The molecule has 0 saturated carbocycles. The molecule has 5 rings (SSSR count). The van der Waals surface area contributed by atoms with Gasteiger partial charge in [-0.05, 0) is 42.7 Å². The number of aromatic nitrogens is 5. The van der Waals surface area contributed by atoms with Crippen molar-refractivity contribution < 1.29 is 0 Å². The van der Waals surface area contributed by atoms with Gasteiger partial charge in [-0.15, -0.1) is 0 Å². The van der Waals surface area contributed by atoms with Crippen LogP contribution < -0.4 is 5.56 Å². The predicted octanol–water partition coefficient (Wildman–Crippen LogP) is 4.90. The van der Waals surface area contributed by atoms with Crippen LogP contribution >= 0.6 is 11.6 Å². The zero-order valence-electron chi connectivity index (χ0n) is 16.9. The molecule has 2 aromatic carbocycles. The zero-order valence-corrected chi connectivity index (χ0v) is 17.7. The number of para-hydroxylation sites is 2. The van der Waals surface area contributed by atoms with Gasteiger partial charge < -0.3 is 0 Å². The number of benzene rings is 2. The Bertz CT molecular complexity index is 1500. The number of nitrogens with zero attached hydrogens (tertiary/aromatic N) is 5. The predicted molar refractivity (Wildman–Crippen MR) is 121 cm³/mol. The molecule has 0 saturated heterocycles. The van der Waals surface area contributed by atoms with Gasteiger partial charge in [-0.25, -0.2) is 15.0 Å². The van der Waals surface area contributed by atoms with Crippen molar-refractivity contribution in [2.75, 3.05) is 0 Å². The molecule has 7 heteroatoms. The summed E-state index contributed by atoms with van der Waals surface area (Å²) in [5.74, 6) is 0.317. The standard InChI is InChI=1S/C23H20ClN5O/c1-13(2)11-28-12-25-21-19(23(28)30)20-22(27-17-7-5-4-6-16(17)26-20)29(21)18-10-15(24)9-8-14(18)3/h4-10,12-13H,11H2,1-3H3. The van der Waals surface area contributed by atoms with Crippen molar-refractivity contribution in [1.29, 1.82) is 0 Å². The molecule has 5 aromatic rings. The number of fused-ring (bicyclic) bond motifs is 4. The van der Waals surface area contributed by atoms with Crippen molar-refractivity contribution in [2.45, 2.75) is 27.3 Å². The highest BCUT2D eigenvalue weighted by Gasteiger charge is 2.22. The van der Waals surface area contributed by atoms with E-state index in [4.69, 9.17) is 21.6 Å². The van der Waals surface area contributed by atoms with Crippen LogP contribution in [0.5, 0.6) is 0 Å².